The van der Waals surface area contributed by atoms with Gasteiger partial charge in [-0.2, -0.15) is 0 Å². The van der Waals surface area contributed by atoms with Crippen molar-refractivity contribution in [3.8, 4) is 5.75 Å². The van der Waals surface area contributed by atoms with Gasteiger partial charge >= 0.3 is 11.8 Å². The fourth-order valence-electron chi connectivity index (χ4n) is 2.93. The van der Waals surface area contributed by atoms with Crippen LogP contribution in [0.5, 0.6) is 5.75 Å². The van der Waals surface area contributed by atoms with Crippen LogP contribution in [0.2, 0.25) is 5.02 Å². The third-order valence-electron chi connectivity index (χ3n) is 4.44. The van der Waals surface area contributed by atoms with E-state index in [9.17, 15) is 14.4 Å². The summed E-state index contributed by atoms with van der Waals surface area (Å²) in [6.07, 6.45) is 1.24. The highest BCUT2D eigenvalue weighted by atomic mass is 35.5. The summed E-state index contributed by atoms with van der Waals surface area (Å²) in [5.74, 6) is -1.14. The van der Waals surface area contributed by atoms with E-state index in [2.05, 4.69) is 10.6 Å². The molecular formula is C20H20ClN3O4. The van der Waals surface area contributed by atoms with E-state index in [-0.39, 0.29) is 5.91 Å². The Balaban J connectivity index is 1.73. The van der Waals surface area contributed by atoms with Crippen LogP contribution in [0.1, 0.15) is 18.4 Å². The molecule has 28 heavy (non-hydrogen) atoms. The molecule has 0 atom stereocenters. The van der Waals surface area contributed by atoms with Gasteiger partial charge in [0.05, 0.1) is 12.8 Å². The third-order valence-corrected chi connectivity index (χ3v) is 4.84. The third kappa shape index (κ3) is 4.26. The van der Waals surface area contributed by atoms with Crippen LogP contribution >= 0.6 is 11.6 Å². The molecule has 0 bridgehead atoms. The highest BCUT2D eigenvalue weighted by Gasteiger charge is 2.25. The number of carbonyl (C=O) groups excluding carboxylic acids is 3. The molecule has 3 rings (SSSR count). The van der Waals surface area contributed by atoms with Crippen LogP contribution in [0.3, 0.4) is 0 Å². The molecule has 146 valence electrons. The van der Waals surface area contributed by atoms with Gasteiger partial charge in [-0.3, -0.25) is 14.4 Å². The quantitative estimate of drug-likeness (QED) is 0.769. The van der Waals surface area contributed by atoms with Crippen LogP contribution in [0.15, 0.2) is 36.4 Å². The minimum Gasteiger partial charge on any atom is -0.495 e. The number of hydrogen-bond acceptors (Lipinski definition) is 4. The standard InChI is InChI=1S/C20H20ClN3O4/c1-12-5-6-13(10-15(12)21)22-19(26)20(27)23-14-7-8-17(28-2)16(11-14)24-9-3-4-18(24)25/h5-8,10-11H,3-4,9H2,1-2H3,(H,22,26)(H,23,27). The van der Waals surface area contributed by atoms with Gasteiger partial charge in [-0.1, -0.05) is 17.7 Å². The first-order valence-electron chi connectivity index (χ1n) is 8.76. The summed E-state index contributed by atoms with van der Waals surface area (Å²) in [7, 11) is 1.51. The van der Waals surface area contributed by atoms with E-state index in [0.717, 1.165) is 12.0 Å². The second kappa shape index (κ2) is 8.31. The molecule has 3 amide bonds. The van der Waals surface area contributed by atoms with Gasteiger partial charge in [0, 0.05) is 29.4 Å². The number of halogens is 1. The first-order valence-corrected chi connectivity index (χ1v) is 9.13. The van der Waals surface area contributed by atoms with Crippen molar-refractivity contribution in [3.63, 3.8) is 0 Å². The first-order chi connectivity index (χ1) is 13.4. The minimum atomic E-state index is -0.833. The van der Waals surface area contributed by atoms with Crippen molar-refractivity contribution in [2.45, 2.75) is 19.8 Å². The van der Waals surface area contributed by atoms with Crippen LogP contribution in [0.25, 0.3) is 0 Å². The largest absolute Gasteiger partial charge is 0.495 e. The molecule has 0 saturated carbocycles. The van der Waals surface area contributed by atoms with Crippen LogP contribution in [-0.4, -0.2) is 31.4 Å². The van der Waals surface area contributed by atoms with Gasteiger partial charge in [-0.15, -0.1) is 0 Å². The van der Waals surface area contributed by atoms with Gasteiger partial charge in [0.2, 0.25) is 5.91 Å². The molecule has 0 aliphatic carbocycles. The number of rotatable bonds is 4. The number of benzene rings is 2. The summed E-state index contributed by atoms with van der Waals surface area (Å²) in [6.45, 7) is 2.42. The molecular weight excluding hydrogens is 382 g/mol. The molecule has 2 aromatic carbocycles. The van der Waals surface area contributed by atoms with Gasteiger partial charge in [0.15, 0.2) is 0 Å². The second-order valence-corrected chi connectivity index (χ2v) is 6.81. The van der Waals surface area contributed by atoms with Crippen molar-refractivity contribution in [2.24, 2.45) is 0 Å². The number of carbonyl (C=O) groups is 3. The van der Waals surface area contributed by atoms with Crippen LogP contribution in [0, 0.1) is 6.92 Å². The Kier molecular flexibility index (Phi) is 5.84. The lowest BCUT2D eigenvalue weighted by atomic mass is 10.2. The predicted octanol–water partition coefficient (Wildman–Crippen LogP) is 3.36. The van der Waals surface area contributed by atoms with E-state index in [1.165, 1.54) is 7.11 Å². The molecule has 1 aliphatic rings. The van der Waals surface area contributed by atoms with Crippen molar-refractivity contribution >= 4 is 46.4 Å². The Labute approximate surface area is 167 Å². The summed E-state index contributed by atoms with van der Waals surface area (Å²) in [5.41, 5.74) is 2.24. The highest BCUT2D eigenvalue weighted by Crippen LogP contribution is 2.34. The molecule has 0 spiro atoms. The summed E-state index contributed by atoms with van der Waals surface area (Å²) in [5, 5.41) is 5.54. The molecule has 0 unspecified atom stereocenters. The number of hydrogen-bond donors (Lipinski definition) is 2. The smallest absolute Gasteiger partial charge is 0.314 e. The zero-order valence-corrected chi connectivity index (χ0v) is 16.3. The van der Waals surface area contributed by atoms with Crippen molar-refractivity contribution in [3.05, 3.63) is 47.0 Å². The normalized spacial score (nSPS) is 13.4. The second-order valence-electron chi connectivity index (χ2n) is 6.41. The molecule has 1 saturated heterocycles. The number of aryl methyl sites for hydroxylation is 1. The minimum absolute atomic E-state index is 0.00392. The summed E-state index contributed by atoms with van der Waals surface area (Å²) in [6, 6.07) is 9.86. The first kappa shape index (κ1) is 19.7. The van der Waals surface area contributed by atoms with Crippen molar-refractivity contribution in [1.29, 1.82) is 0 Å². The average molecular weight is 402 g/mol. The van der Waals surface area contributed by atoms with Crippen LogP contribution in [-0.2, 0) is 14.4 Å². The zero-order valence-electron chi connectivity index (χ0n) is 15.5. The maximum absolute atomic E-state index is 12.3. The van der Waals surface area contributed by atoms with Crippen LogP contribution in [0.4, 0.5) is 17.1 Å². The van der Waals surface area contributed by atoms with E-state index in [1.807, 2.05) is 6.92 Å². The number of nitrogens with one attached hydrogen (secondary N) is 2. The van der Waals surface area contributed by atoms with E-state index in [0.29, 0.717) is 40.8 Å². The predicted molar refractivity (Wildman–Crippen MR) is 108 cm³/mol. The molecule has 1 aliphatic heterocycles. The summed E-state index contributed by atoms with van der Waals surface area (Å²) < 4.78 is 5.31. The van der Waals surface area contributed by atoms with E-state index >= 15 is 0 Å². The van der Waals surface area contributed by atoms with Crippen molar-refractivity contribution in [2.75, 3.05) is 29.2 Å². The number of ether oxygens (including phenoxy) is 1. The lowest BCUT2D eigenvalue weighted by molar-refractivity contribution is -0.132. The maximum Gasteiger partial charge on any atom is 0.314 e. The Hall–Kier alpha value is -3.06. The SMILES string of the molecule is COc1ccc(NC(=O)C(=O)Nc2ccc(C)c(Cl)c2)cc1N1CCCC1=O. The molecule has 1 fully saturated rings. The summed E-state index contributed by atoms with van der Waals surface area (Å²) >= 11 is 6.03. The number of methoxy groups -OCH3 is 1. The van der Waals surface area contributed by atoms with E-state index in [1.54, 1.807) is 41.3 Å². The van der Waals surface area contributed by atoms with Gasteiger partial charge in [-0.25, -0.2) is 0 Å². The molecule has 2 aromatic rings. The Bertz CT molecular complexity index is 945. The fraction of sp³-hybridized carbons (Fsp3) is 0.250. The fourth-order valence-corrected chi connectivity index (χ4v) is 3.11. The van der Waals surface area contributed by atoms with Gasteiger partial charge in [0.1, 0.15) is 5.75 Å². The lowest BCUT2D eigenvalue weighted by Crippen LogP contribution is -2.29. The van der Waals surface area contributed by atoms with E-state index < -0.39 is 11.8 Å². The Morgan fingerprint density at radius 3 is 2.29 bits per heavy atom. The van der Waals surface area contributed by atoms with Gasteiger partial charge < -0.3 is 20.3 Å². The Morgan fingerprint density at radius 2 is 1.71 bits per heavy atom. The lowest BCUT2D eigenvalue weighted by Gasteiger charge is -2.20. The molecule has 8 heteroatoms. The molecule has 0 radical (unpaired) electrons. The number of nitrogens with zero attached hydrogens (tertiary/aromatic N) is 1. The topological polar surface area (TPSA) is 87.7 Å². The van der Waals surface area contributed by atoms with Crippen molar-refractivity contribution < 1.29 is 19.1 Å². The van der Waals surface area contributed by atoms with E-state index in [4.69, 9.17) is 16.3 Å². The van der Waals surface area contributed by atoms with Gasteiger partial charge in [-0.05, 0) is 49.2 Å². The zero-order chi connectivity index (χ0) is 20.3. The average Bonchev–Trinajstić information content (AvgIpc) is 3.10. The molecule has 7 nitrogen and oxygen atoms in total. The number of anilines is 3. The molecule has 1 heterocycles. The summed E-state index contributed by atoms with van der Waals surface area (Å²) in [4.78, 5) is 38.1. The highest BCUT2D eigenvalue weighted by molar-refractivity contribution is 6.43. The van der Waals surface area contributed by atoms with Gasteiger partial charge in [0.25, 0.3) is 0 Å². The molecule has 2 N–H and O–H groups in total. The van der Waals surface area contributed by atoms with Crippen LogP contribution < -0.4 is 20.3 Å². The molecule has 0 aromatic heterocycles. The Morgan fingerprint density at radius 1 is 1.07 bits per heavy atom. The number of amides is 3. The van der Waals surface area contributed by atoms with Crippen molar-refractivity contribution in [1.82, 2.24) is 0 Å². The maximum atomic E-state index is 12.3. The monoisotopic (exact) mass is 401 g/mol.